The number of carbonyl (C=O) groups is 1. The number of benzene rings is 2. The molecule has 0 N–H and O–H groups in total. The highest BCUT2D eigenvalue weighted by atomic mass is 16.5. The van der Waals surface area contributed by atoms with Gasteiger partial charge in [-0.15, -0.1) is 0 Å². The number of fused-ring (bicyclic) bond motifs is 1. The van der Waals surface area contributed by atoms with Gasteiger partial charge in [0.05, 0.1) is 7.11 Å². The third-order valence-corrected chi connectivity index (χ3v) is 3.17. The molecule has 0 atom stereocenters. The third-order valence-electron chi connectivity index (χ3n) is 3.17. The lowest BCUT2D eigenvalue weighted by atomic mass is 10.1. The average molecular weight is 270 g/mol. The van der Waals surface area contributed by atoms with Crippen LogP contribution in [0.1, 0.15) is 15.9 Å². The number of Topliss-reactive ketones (excluding diaryl/α,β-unsaturated/α-hetero) is 1. The van der Waals surface area contributed by atoms with Crippen LogP contribution < -0.4 is 14.2 Å². The van der Waals surface area contributed by atoms with Crippen molar-refractivity contribution >= 4 is 5.78 Å². The molecule has 0 amide bonds. The van der Waals surface area contributed by atoms with Crippen molar-refractivity contribution < 1.29 is 19.0 Å². The minimum Gasteiger partial charge on any atom is -0.493 e. The minimum atomic E-state index is -0.0815. The normalized spacial score (nSPS) is 12.8. The van der Waals surface area contributed by atoms with Gasteiger partial charge in [0, 0.05) is 0 Å². The first-order chi connectivity index (χ1) is 9.79. The molecule has 0 spiro atoms. The number of hydrogen-bond acceptors (Lipinski definition) is 4. The molecule has 0 bridgehead atoms. The molecule has 0 aliphatic carbocycles. The van der Waals surface area contributed by atoms with Gasteiger partial charge < -0.3 is 14.2 Å². The molecular formula is C16H14O4. The second-order valence-electron chi connectivity index (χ2n) is 4.46. The molecule has 0 unspecified atom stereocenters. The van der Waals surface area contributed by atoms with Gasteiger partial charge in [0.25, 0.3) is 0 Å². The first-order valence-corrected chi connectivity index (χ1v) is 6.33. The molecule has 0 fully saturated rings. The number of ketones is 1. The summed E-state index contributed by atoms with van der Waals surface area (Å²) in [5.41, 5.74) is 1.50. The Kier molecular flexibility index (Phi) is 3.29. The van der Waals surface area contributed by atoms with Crippen LogP contribution in [0.15, 0.2) is 42.5 Å². The van der Waals surface area contributed by atoms with Crippen molar-refractivity contribution in [2.75, 3.05) is 13.7 Å². The second kappa shape index (κ2) is 5.25. The van der Waals surface area contributed by atoms with Crippen LogP contribution in [0.5, 0.6) is 17.2 Å². The largest absolute Gasteiger partial charge is 0.493 e. The molecule has 1 heterocycles. The van der Waals surface area contributed by atoms with Gasteiger partial charge in [0.2, 0.25) is 5.78 Å². The van der Waals surface area contributed by atoms with E-state index in [1.54, 1.807) is 19.2 Å². The summed E-state index contributed by atoms with van der Waals surface area (Å²) in [5.74, 6) is 1.47. The van der Waals surface area contributed by atoms with E-state index in [0.29, 0.717) is 29.4 Å². The topological polar surface area (TPSA) is 44.8 Å². The number of ether oxygens (including phenoxy) is 3. The lowest BCUT2D eigenvalue weighted by Crippen LogP contribution is -2.04. The van der Waals surface area contributed by atoms with Gasteiger partial charge in [-0.25, -0.2) is 0 Å². The number of methoxy groups -OCH3 is 1. The van der Waals surface area contributed by atoms with Gasteiger partial charge in [0.1, 0.15) is 17.9 Å². The zero-order valence-electron chi connectivity index (χ0n) is 11.1. The molecule has 2 aromatic rings. The SMILES string of the molecule is COc1ccc2c(c1OCc1ccccc1)C(=O)CO2. The van der Waals surface area contributed by atoms with Crippen molar-refractivity contribution in [3.8, 4) is 17.2 Å². The predicted octanol–water partition coefficient (Wildman–Crippen LogP) is 2.85. The van der Waals surface area contributed by atoms with Crippen LogP contribution in [-0.2, 0) is 6.61 Å². The van der Waals surface area contributed by atoms with Crippen LogP contribution in [0.4, 0.5) is 0 Å². The van der Waals surface area contributed by atoms with E-state index in [1.165, 1.54) is 0 Å². The summed E-state index contributed by atoms with van der Waals surface area (Å²) in [6, 6.07) is 13.2. The lowest BCUT2D eigenvalue weighted by molar-refractivity contribution is 0.0958. The van der Waals surface area contributed by atoms with Crippen molar-refractivity contribution in [1.82, 2.24) is 0 Å². The van der Waals surface area contributed by atoms with E-state index in [2.05, 4.69) is 0 Å². The van der Waals surface area contributed by atoms with Crippen LogP contribution in [0.3, 0.4) is 0 Å². The smallest absolute Gasteiger partial charge is 0.207 e. The lowest BCUT2D eigenvalue weighted by Gasteiger charge is -2.13. The Hall–Kier alpha value is -2.49. The fourth-order valence-corrected chi connectivity index (χ4v) is 2.18. The van der Waals surface area contributed by atoms with E-state index < -0.39 is 0 Å². The van der Waals surface area contributed by atoms with Crippen LogP contribution in [0.25, 0.3) is 0 Å². The molecule has 1 aliphatic heterocycles. The molecule has 102 valence electrons. The monoisotopic (exact) mass is 270 g/mol. The summed E-state index contributed by atoms with van der Waals surface area (Å²) in [6.45, 7) is 0.436. The van der Waals surface area contributed by atoms with Crippen molar-refractivity contribution in [3.63, 3.8) is 0 Å². The highest BCUT2D eigenvalue weighted by molar-refractivity contribution is 6.05. The summed E-state index contributed by atoms with van der Waals surface area (Å²) in [4.78, 5) is 11.9. The Morgan fingerprint density at radius 3 is 2.70 bits per heavy atom. The van der Waals surface area contributed by atoms with E-state index in [9.17, 15) is 4.79 Å². The van der Waals surface area contributed by atoms with E-state index >= 15 is 0 Å². The molecule has 0 saturated heterocycles. The molecule has 0 radical (unpaired) electrons. The van der Waals surface area contributed by atoms with Crippen LogP contribution in [0, 0.1) is 0 Å². The Morgan fingerprint density at radius 1 is 1.15 bits per heavy atom. The van der Waals surface area contributed by atoms with E-state index in [1.807, 2.05) is 30.3 Å². The molecule has 1 aliphatic rings. The highest BCUT2D eigenvalue weighted by Gasteiger charge is 2.28. The van der Waals surface area contributed by atoms with Crippen molar-refractivity contribution in [2.24, 2.45) is 0 Å². The number of carbonyl (C=O) groups excluding carboxylic acids is 1. The summed E-state index contributed by atoms with van der Waals surface area (Å²) in [7, 11) is 1.55. The number of rotatable bonds is 4. The Labute approximate surface area is 116 Å². The minimum absolute atomic E-state index is 0.0597. The first kappa shape index (κ1) is 12.5. The van der Waals surface area contributed by atoms with Gasteiger partial charge in [0.15, 0.2) is 18.1 Å². The second-order valence-corrected chi connectivity index (χ2v) is 4.46. The van der Waals surface area contributed by atoms with Gasteiger partial charge in [-0.2, -0.15) is 0 Å². The zero-order valence-corrected chi connectivity index (χ0v) is 11.1. The van der Waals surface area contributed by atoms with Gasteiger partial charge in [-0.3, -0.25) is 4.79 Å². The maximum Gasteiger partial charge on any atom is 0.207 e. The van der Waals surface area contributed by atoms with Crippen LogP contribution in [-0.4, -0.2) is 19.5 Å². The number of hydrogen-bond donors (Lipinski definition) is 0. The Bertz CT molecular complexity index is 634. The molecule has 20 heavy (non-hydrogen) atoms. The van der Waals surface area contributed by atoms with Gasteiger partial charge in [-0.05, 0) is 17.7 Å². The highest BCUT2D eigenvalue weighted by Crippen LogP contribution is 2.40. The Morgan fingerprint density at radius 2 is 1.95 bits per heavy atom. The third kappa shape index (κ3) is 2.20. The standard InChI is InChI=1S/C16H14O4/c1-18-14-8-7-13-15(12(17)10-19-13)16(14)20-9-11-5-3-2-4-6-11/h2-8H,9-10H2,1H3. The summed E-state index contributed by atoms with van der Waals surface area (Å²) < 4.78 is 16.4. The fourth-order valence-electron chi connectivity index (χ4n) is 2.18. The zero-order chi connectivity index (χ0) is 13.9. The predicted molar refractivity (Wildman–Crippen MR) is 73.6 cm³/mol. The van der Waals surface area contributed by atoms with Crippen molar-refractivity contribution in [3.05, 3.63) is 53.6 Å². The van der Waals surface area contributed by atoms with E-state index in [-0.39, 0.29) is 12.4 Å². The fraction of sp³-hybridized carbons (Fsp3) is 0.188. The van der Waals surface area contributed by atoms with Gasteiger partial charge in [-0.1, -0.05) is 30.3 Å². The summed E-state index contributed by atoms with van der Waals surface area (Å²) in [5, 5.41) is 0. The molecule has 3 rings (SSSR count). The van der Waals surface area contributed by atoms with E-state index in [4.69, 9.17) is 14.2 Å². The summed E-state index contributed by atoms with van der Waals surface area (Å²) in [6.07, 6.45) is 0. The average Bonchev–Trinajstić information content (AvgIpc) is 2.87. The van der Waals surface area contributed by atoms with Crippen molar-refractivity contribution in [2.45, 2.75) is 6.61 Å². The van der Waals surface area contributed by atoms with Gasteiger partial charge >= 0.3 is 0 Å². The quantitative estimate of drug-likeness (QED) is 0.857. The van der Waals surface area contributed by atoms with Crippen molar-refractivity contribution in [1.29, 1.82) is 0 Å². The van der Waals surface area contributed by atoms with E-state index in [0.717, 1.165) is 5.56 Å². The molecule has 4 heteroatoms. The molecule has 2 aromatic carbocycles. The molecule has 0 saturated carbocycles. The summed E-state index contributed by atoms with van der Waals surface area (Å²) >= 11 is 0. The molecule has 4 nitrogen and oxygen atoms in total. The Balaban J connectivity index is 1.92. The molecular weight excluding hydrogens is 256 g/mol. The first-order valence-electron chi connectivity index (χ1n) is 6.33. The van der Waals surface area contributed by atoms with Crippen LogP contribution >= 0.6 is 0 Å². The molecule has 0 aromatic heterocycles. The maximum atomic E-state index is 11.9. The maximum absolute atomic E-state index is 11.9. The van der Waals surface area contributed by atoms with Crippen LogP contribution in [0.2, 0.25) is 0 Å².